The molecule has 0 spiro atoms. The van der Waals surface area contributed by atoms with Gasteiger partial charge in [-0.2, -0.15) is 0 Å². The molecule has 1 aliphatic heterocycles. The molecule has 0 saturated carbocycles. The molecule has 2 heterocycles. The summed E-state index contributed by atoms with van der Waals surface area (Å²) >= 11 is 0. The summed E-state index contributed by atoms with van der Waals surface area (Å²) in [4.78, 5) is 35.1. The normalized spacial score (nSPS) is 19.2. The van der Waals surface area contributed by atoms with Crippen LogP contribution >= 0.6 is 0 Å². The molecule has 1 aromatic rings. The number of carbonyl (C=O) groups is 3. The number of nitrogens with zero attached hydrogens (tertiary/aromatic N) is 3. The van der Waals surface area contributed by atoms with E-state index >= 15 is 0 Å². The summed E-state index contributed by atoms with van der Waals surface area (Å²) in [5.41, 5.74) is 2.14. The summed E-state index contributed by atoms with van der Waals surface area (Å²) in [5, 5.41) is 26.6. The molecule has 0 bridgehead atoms. The van der Waals surface area contributed by atoms with E-state index in [-0.39, 0.29) is 24.8 Å². The lowest BCUT2D eigenvalue weighted by atomic mass is 9.94. The number of aliphatic hydroxyl groups is 1. The highest BCUT2D eigenvalue weighted by atomic mass is 16.3. The first-order chi connectivity index (χ1) is 12.3. The predicted molar refractivity (Wildman–Crippen MR) is 93.7 cm³/mol. The summed E-state index contributed by atoms with van der Waals surface area (Å²) < 4.78 is 2.03. The van der Waals surface area contributed by atoms with Gasteiger partial charge in [0.1, 0.15) is 0 Å². The van der Waals surface area contributed by atoms with Crippen molar-refractivity contribution >= 4 is 18.9 Å². The molecule has 0 unspecified atom stereocenters. The van der Waals surface area contributed by atoms with Crippen LogP contribution < -0.4 is 5.32 Å². The van der Waals surface area contributed by atoms with E-state index in [2.05, 4.69) is 15.2 Å². The second-order valence-electron chi connectivity index (χ2n) is 5.84. The first-order valence-corrected chi connectivity index (χ1v) is 8.10. The molecule has 10 nitrogen and oxygen atoms in total. The van der Waals surface area contributed by atoms with Gasteiger partial charge in [0.15, 0.2) is 0 Å². The highest BCUT2D eigenvalue weighted by Gasteiger charge is 2.31. The van der Waals surface area contributed by atoms with E-state index in [1.165, 1.54) is 0 Å². The van der Waals surface area contributed by atoms with Gasteiger partial charge in [0, 0.05) is 31.9 Å². The molecule has 1 saturated heterocycles. The third-order valence-electron chi connectivity index (χ3n) is 4.11. The van der Waals surface area contributed by atoms with Crippen molar-refractivity contribution in [1.29, 1.82) is 0 Å². The van der Waals surface area contributed by atoms with Crippen molar-refractivity contribution in [2.75, 3.05) is 26.7 Å². The van der Waals surface area contributed by atoms with Gasteiger partial charge in [-0.15, -0.1) is 0 Å². The van der Waals surface area contributed by atoms with Crippen LogP contribution in [-0.2, 0) is 20.9 Å². The Morgan fingerprint density at radius 2 is 1.92 bits per heavy atom. The van der Waals surface area contributed by atoms with Gasteiger partial charge in [-0.05, 0) is 27.3 Å². The van der Waals surface area contributed by atoms with Crippen molar-refractivity contribution in [2.45, 2.75) is 32.9 Å². The number of hydrogen-bond donors (Lipinski definition) is 4. The fraction of sp³-hybridized carbons (Fsp3) is 0.625. The Morgan fingerprint density at radius 3 is 2.42 bits per heavy atom. The third-order valence-corrected chi connectivity index (χ3v) is 4.11. The number of aromatic nitrogens is 2. The van der Waals surface area contributed by atoms with Crippen molar-refractivity contribution in [3.8, 4) is 0 Å². The van der Waals surface area contributed by atoms with Crippen LogP contribution in [0.4, 0.5) is 0 Å². The number of carboxylic acid groups (broad SMARTS) is 2. The number of aliphatic hydroxyl groups excluding tert-OH is 1. The average molecular weight is 372 g/mol. The molecule has 26 heavy (non-hydrogen) atoms. The Hall–Kier alpha value is -2.46. The lowest BCUT2D eigenvalue weighted by Gasteiger charge is -2.32. The standard InChI is InChI=1S/C14H24N4O2.2CH2O2/c1-10-11(2)18(9-16-10)7-5-15-14(20)12-8-17(3)6-4-13(12)19;2*2-1-3/h9,12-13,19H,4-8H2,1-3H3,(H,15,20);2*1H,(H,2,3)/t12-,13+;;/m1../s1. The first kappa shape index (κ1) is 23.5. The monoisotopic (exact) mass is 372 g/mol. The summed E-state index contributed by atoms with van der Waals surface area (Å²) in [6.45, 7) is 6.22. The minimum Gasteiger partial charge on any atom is -0.483 e. The van der Waals surface area contributed by atoms with Gasteiger partial charge in [-0.3, -0.25) is 14.4 Å². The number of nitrogens with one attached hydrogen (secondary N) is 1. The van der Waals surface area contributed by atoms with E-state index in [1.54, 1.807) is 6.33 Å². The molecule has 2 atom stereocenters. The minimum atomic E-state index is -0.525. The summed E-state index contributed by atoms with van der Waals surface area (Å²) in [7, 11) is 1.98. The van der Waals surface area contributed by atoms with Crippen LogP contribution in [-0.4, -0.2) is 81.4 Å². The van der Waals surface area contributed by atoms with Crippen molar-refractivity contribution in [1.82, 2.24) is 19.8 Å². The van der Waals surface area contributed by atoms with E-state index in [4.69, 9.17) is 19.8 Å². The maximum Gasteiger partial charge on any atom is 0.290 e. The zero-order valence-electron chi connectivity index (χ0n) is 15.3. The Bertz CT molecular complexity index is 557. The Labute approximate surface area is 152 Å². The smallest absolute Gasteiger partial charge is 0.290 e. The van der Waals surface area contributed by atoms with Crippen LogP contribution in [0.1, 0.15) is 17.8 Å². The number of amides is 1. The molecule has 1 aromatic heterocycles. The van der Waals surface area contributed by atoms with Crippen molar-refractivity contribution in [3.05, 3.63) is 17.7 Å². The zero-order chi connectivity index (χ0) is 20.1. The molecule has 2 rings (SSSR count). The second kappa shape index (κ2) is 12.8. The number of likely N-dealkylation sites (tertiary alicyclic amines) is 1. The second-order valence-corrected chi connectivity index (χ2v) is 5.84. The van der Waals surface area contributed by atoms with Gasteiger partial charge in [0.2, 0.25) is 5.91 Å². The van der Waals surface area contributed by atoms with E-state index in [0.29, 0.717) is 26.1 Å². The van der Waals surface area contributed by atoms with Gasteiger partial charge >= 0.3 is 0 Å². The molecule has 0 aliphatic carbocycles. The Morgan fingerprint density at radius 1 is 1.35 bits per heavy atom. The molecule has 1 amide bonds. The summed E-state index contributed by atoms with van der Waals surface area (Å²) in [6.07, 6.45) is 1.93. The number of piperidine rings is 1. The van der Waals surface area contributed by atoms with Crippen LogP contribution in [0.25, 0.3) is 0 Å². The highest BCUT2D eigenvalue weighted by Crippen LogP contribution is 2.16. The quantitative estimate of drug-likeness (QED) is 0.509. The lowest BCUT2D eigenvalue weighted by molar-refractivity contribution is -0.131. The van der Waals surface area contributed by atoms with E-state index in [0.717, 1.165) is 17.9 Å². The van der Waals surface area contributed by atoms with Crippen molar-refractivity contribution in [3.63, 3.8) is 0 Å². The van der Waals surface area contributed by atoms with Gasteiger partial charge in [0.05, 0.1) is 24.0 Å². The third kappa shape index (κ3) is 8.08. The molecule has 4 N–H and O–H groups in total. The molecule has 1 aliphatic rings. The summed E-state index contributed by atoms with van der Waals surface area (Å²) in [6, 6.07) is 0. The minimum absolute atomic E-state index is 0.0569. The van der Waals surface area contributed by atoms with Crippen LogP contribution in [0.3, 0.4) is 0 Å². The summed E-state index contributed by atoms with van der Waals surface area (Å²) in [5.74, 6) is -0.377. The fourth-order valence-electron chi connectivity index (χ4n) is 2.56. The molecule has 148 valence electrons. The van der Waals surface area contributed by atoms with Crippen molar-refractivity contribution in [2.24, 2.45) is 5.92 Å². The molecule has 0 aromatic carbocycles. The van der Waals surface area contributed by atoms with Crippen LogP contribution in [0.2, 0.25) is 0 Å². The van der Waals surface area contributed by atoms with Crippen LogP contribution in [0.15, 0.2) is 6.33 Å². The predicted octanol–water partition coefficient (Wildman–Crippen LogP) is -0.670. The van der Waals surface area contributed by atoms with Crippen molar-refractivity contribution < 1.29 is 29.7 Å². The number of aryl methyl sites for hydroxylation is 1. The molecule has 0 radical (unpaired) electrons. The molecule has 10 heteroatoms. The number of imidazole rings is 1. The SMILES string of the molecule is Cc1ncn(CCNC(=O)[C@@H]2CN(C)CC[C@@H]2O)c1C.O=CO.O=CO. The van der Waals surface area contributed by atoms with Gasteiger partial charge < -0.3 is 30.1 Å². The number of rotatable bonds is 4. The number of carbonyl (C=O) groups excluding carboxylic acids is 1. The van der Waals surface area contributed by atoms with Gasteiger partial charge in [0.25, 0.3) is 12.9 Å². The van der Waals surface area contributed by atoms with E-state index < -0.39 is 6.10 Å². The zero-order valence-corrected chi connectivity index (χ0v) is 15.3. The van der Waals surface area contributed by atoms with Gasteiger partial charge in [-0.1, -0.05) is 0 Å². The maximum absolute atomic E-state index is 12.1. The molecular formula is C16H28N4O6. The van der Waals surface area contributed by atoms with Crippen LogP contribution in [0.5, 0.6) is 0 Å². The Balaban J connectivity index is 0.000000918. The highest BCUT2D eigenvalue weighted by molar-refractivity contribution is 5.79. The average Bonchev–Trinajstić information content (AvgIpc) is 2.90. The molecule has 1 fully saturated rings. The topological polar surface area (TPSA) is 145 Å². The Kier molecular flexibility index (Phi) is 11.6. The van der Waals surface area contributed by atoms with Crippen LogP contribution in [0, 0.1) is 19.8 Å². The van der Waals surface area contributed by atoms with Gasteiger partial charge in [-0.25, -0.2) is 4.98 Å². The maximum atomic E-state index is 12.1. The fourth-order valence-corrected chi connectivity index (χ4v) is 2.56. The lowest BCUT2D eigenvalue weighted by Crippen LogP contribution is -2.49. The largest absolute Gasteiger partial charge is 0.483 e. The van der Waals surface area contributed by atoms with E-state index in [1.807, 2.05) is 25.5 Å². The van der Waals surface area contributed by atoms with E-state index in [9.17, 15) is 9.90 Å². The molecular weight excluding hydrogens is 344 g/mol. The first-order valence-electron chi connectivity index (χ1n) is 8.10. The number of hydrogen-bond acceptors (Lipinski definition) is 6.